The zero-order chi connectivity index (χ0) is 17.8. The molecule has 1 aliphatic carbocycles. The summed E-state index contributed by atoms with van der Waals surface area (Å²) in [5.41, 5.74) is 3.45. The van der Waals surface area contributed by atoms with Crippen LogP contribution in [0.3, 0.4) is 0 Å². The fourth-order valence-corrected chi connectivity index (χ4v) is 3.46. The first-order valence-electron chi connectivity index (χ1n) is 8.99. The molecule has 1 N–H and O–H groups in total. The van der Waals surface area contributed by atoms with Gasteiger partial charge in [0.25, 0.3) is 5.91 Å². The molecule has 3 heterocycles. The van der Waals surface area contributed by atoms with E-state index in [9.17, 15) is 4.79 Å². The van der Waals surface area contributed by atoms with Gasteiger partial charge in [0.15, 0.2) is 0 Å². The molecule has 0 unspecified atom stereocenters. The summed E-state index contributed by atoms with van der Waals surface area (Å²) in [7, 11) is 0. The average molecular weight is 347 g/mol. The Kier molecular flexibility index (Phi) is 4.73. The molecule has 0 aromatic carbocycles. The van der Waals surface area contributed by atoms with Crippen LogP contribution in [0.15, 0.2) is 55.0 Å². The fourth-order valence-electron chi connectivity index (χ4n) is 3.46. The molecule has 1 aliphatic rings. The number of nitrogens with one attached hydrogen (secondary N) is 1. The number of rotatable bonds is 5. The van der Waals surface area contributed by atoms with Crippen molar-refractivity contribution in [3.8, 4) is 11.3 Å². The minimum Gasteiger partial charge on any atom is -0.345 e. The topological polar surface area (TPSA) is 72.7 Å². The van der Waals surface area contributed by atoms with E-state index in [0.717, 1.165) is 29.8 Å². The molecule has 6 nitrogen and oxygen atoms in total. The minimum atomic E-state index is -0.188. The van der Waals surface area contributed by atoms with Crippen molar-refractivity contribution in [2.24, 2.45) is 0 Å². The average Bonchev–Trinajstić information content (AvgIpc) is 3.37. The monoisotopic (exact) mass is 347 g/mol. The highest BCUT2D eigenvalue weighted by Gasteiger charge is 2.22. The van der Waals surface area contributed by atoms with Crippen molar-refractivity contribution in [2.45, 2.75) is 38.3 Å². The standard InChI is InChI=1S/C20H21N5O/c26-20(18-7-3-4-10-22-18)23-14-16-13-19(15-8-11-21-12-9-15)25(24-16)17-5-1-2-6-17/h3-4,7-13,17H,1-2,5-6,14H2,(H,23,26). The van der Waals surface area contributed by atoms with Crippen LogP contribution in [0.25, 0.3) is 11.3 Å². The number of carbonyl (C=O) groups excluding carboxylic acids is 1. The molecular formula is C20H21N5O. The maximum Gasteiger partial charge on any atom is 0.270 e. The van der Waals surface area contributed by atoms with E-state index >= 15 is 0 Å². The predicted molar refractivity (Wildman–Crippen MR) is 98.4 cm³/mol. The van der Waals surface area contributed by atoms with Crippen LogP contribution in [0, 0.1) is 0 Å². The SMILES string of the molecule is O=C(NCc1cc(-c2ccncc2)n(C2CCCC2)n1)c1ccccn1. The lowest BCUT2D eigenvalue weighted by atomic mass is 10.1. The Morgan fingerprint density at radius 3 is 2.65 bits per heavy atom. The van der Waals surface area contributed by atoms with Crippen LogP contribution < -0.4 is 5.32 Å². The van der Waals surface area contributed by atoms with E-state index in [1.54, 1.807) is 36.8 Å². The lowest BCUT2D eigenvalue weighted by Gasteiger charge is -2.14. The number of pyridine rings is 2. The Bertz CT molecular complexity index is 870. The van der Waals surface area contributed by atoms with E-state index in [1.165, 1.54) is 12.8 Å². The summed E-state index contributed by atoms with van der Waals surface area (Å²) < 4.78 is 2.13. The van der Waals surface area contributed by atoms with Gasteiger partial charge in [0.05, 0.1) is 24.0 Å². The number of nitrogens with zero attached hydrogens (tertiary/aromatic N) is 4. The van der Waals surface area contributed by atoms with Gasteiger partial charge < -0.3 is 5.32 Å². The molecule has 6 heteroatoms. The Hall–Kier alpha value is -3.02. The summed E-state index contributed by atoms with van der Waals surface area (Å²) in [5, 5.41) is 7.70. The molecular weight excluding hydrogens is 326 g/mol. The lowest BCUT2D eigenvalue weighted by Crippen LogP contribution is -2.24. The molecule has 0 saturated heterocycles. The maximum absolute atomic E-state index is 12.2. The van der Waals surface area contributed by atoms with Crippen LogP contribution in [0.1, 0.15) is 47.9 Å². The highest BCUT2D eigenvalue weighted by atomic mass is 16.1. The number of aromatic nitrogens is 4. The Balaban J connectivity index is 1.56. The number of amides is 1. The zero-order valence-electron chi connectivity index (χ0n) is 14.5. The molecule has 1 amide bonds. The molecule has 0 aliphatic heterocycles. The van der Waals surface area contributed by atoms with Crippen molar-refractivity contribution >= 4 is 5.91 Å². The van der Waals surface area contributed by atoms with Crippen molar-refractivity contribution in [1.82, 2.24) is 25.1 Å². The number of hydrogen-bond donors (Lipinski definition) is 1. The second-order valence-electron chi connectivity index (χ2n) is 6.54. The number of hydrogen-bond acceptors (Lipinski definition) is 4. The third-order valence-corrected chi connectivity index (χ3v) is 4.76. The highest BCUT2D eigenvalue weighted by molar-refractivity contribution is 5.92. The van der Waals surface area contributed by atoms with Gasteiger partial charge in [-0.15, -0.1) is 0 Å². The van der Waals surface area contributed by atoms with Gasteiger partial charge in [0.2, 0.25) is 0 Å². The van der Waals surface area contributed by atoms with Gasteiger partial charge in [-0.2, -0.15) is 5.10 Å². The van der Waals surface area contributed by atoms with Crippen molar-refractivity contribution in [3.05, 3.63) is 66.4 Å². The van der Waals surface area contributed by atoms with Crippen LogP contribution in [0.4, 0.5) is 0 Å². The van der Waals surface area contributed by atoms with Gasteiger partial charge in [-0.3, -0.25) is 19.4 Å². The van der Waals surface area contributed by atoms with Gasteiger partial charge in [0.1, 0.15) is 5.69 Å². The largest absolute Gasteiger partial charge is 0.345 e. The van der Waals surface area contributed by atoms with Crippen molar-refractivity contribution in [1.29, 1.82) is 0 Å². The maximum atomic E-state index is 12.2. The quantitative estimate of drug-likeness (QED) is 0.768. The second-order valence-corrected chi connectivity index (χ2v) is 6.54. The van der Waals surface area contributed by atoms with Crippen LogP contribution >= 0.6 is 0 Å². The molecule has 1 fully saturated rings. The first kappa shape index (κ1) is 16.4. The third kappa shape index (κ3) is 3.49. The molecule has 3 aromatic heterocycles. The first-order chi connectivity index (χ1) is 12.8. The molecule has 4 rings (SSSR count). The molecule has 0 radical (unpaired) electrons. The van der Waals surface area contributed by atoms with Gasteiger partial charge >= 0.3 is 0 Å². The summed E-state index contributed by atoms with van der Waals surface area (Å²) in [6.45, 7) is 0.382. The van der Waals surface area contributed by atoms with Gasteiger partial charge in [-0.25, -0.2) is 0 Å². The normalized spacial score (nSPS) is 14.5. The Morgan fingerprint density at radius 1 is 1.12 bits per heavy atom. The molecule has 132 valence electrons. The van der Waals surface area contributed by atoms with Crippen LogP contribution in [0.2, 0.25) is 0 Å². The van der Waals surface area contributed by atoms with E-state index in [1.807, 2.05) is 12.1 Å². The third-order valence-electron chi connectivity index (χ3n) is 4.76. The van der Waals surface area contributed by atoms with E-state index in [0.29, 0.717) is 18.3 Å². The molecule has 0 spiro atoms. The van der Waals surface area contributed by atoms with E-state index in [-0.39, 0.29) is 5.91 Å². The van der Waals surface area contributed by atoms with E-state index in [4.69, 9.17) is 5.10 Å². The van der Waals surface area contributed by atoms with Gasteiger partial charge in [-0.1, -0.05) is 18.9 Å². The van der Waals surface area contributed by atoms with E-state index < -0.39 is 0 Å². The van der Waals surface area contributed by atoms with Crippen molar-refractivity contribution in [2.75, 3.05) is 0 Å². The van der Waals surface area contributed by atoms with E-state index in [2.05, 4.69) is 26.0 Å². The Morgan fingerprint density at radius 2 is 1.92 bits per heavy atom. The minimum absolute atomic E-state index is 0.188. The highest BCUT2D eigenvalue weighted by Crippen LogP contribution is 2.33. The summed E-state index contributed by atoms with van der Waals surface area (Å²) in [5.74, 6) is -0.188. The van der Waals surface area contributed by atoms with Crippen molar-refractivity contribution in [3.63, 3.8) is 0 Å². The van der Waals surface area contributed by atoms with Gasteiger partial charge in [-0.05, 0) is 43.2 Å². The summed E-state index contributed by atoms with van der Waals surface area (Å²) >= 11 is 0. The Labute approximate surface area is 152 Å². The molecule has 0 bridgehead atoms. The molecule has 26 heavy (non-hydrogen) atoms. The van der Waals surface area contributed by atoms with Crippen LogP contribution in [-0.2, 0) is 6.54 Å². The second kappa shape index (κ2) is 7.47. The number of carbonyl (C=O) groups is 1. The van der Waals surface area contributed by atoms with Crippen LogP contribution in [-0.4, -0.2) is 25.7 Å². The van der Waals surface area contributed by atoms with Crippen molar-refractivity contribution < 1.29 is 4.79 Å². The first-order valence-corrected chi connectivity index (χ1v) is 8.99. The zero-order valence-corrected chi connectivity index (χ0v) is 14.5. The smallest absolute Gasteiger partial charge is 0.270 e. The molecule has 0 atom stereocenters. The summed E-state index contributed by atoms with van der Waals surface area (Å²) in [6.07, 6.45) is 10.00. The lowest BCUT2D eigenvalue weighted by molar-refractivity contribution is 0.0945. The summed E-state index contributed by atoms with van der Waals surface area (Å²) in [6, 6.07) is 11.8. The fraction of sp³-hybridized carbons (Fsp3) is 0.300. The molecule has 3 aromatic rings. The van der Waals surface area contributed by atoms with Gasteiger partial charge in [0, 0.05) is 24.2 Å². The summed E-state index contributed by atoms with van der Waals surface area (Å²) in [4.78, 5) is 20.4. The van der Waals surface area contributed by atoms with Crippen LogP contribution in [0.5, 0.6) is 0 Å². The predicted octanol–water partition coefficient (Wildman–Crippen LogP) is 3.39. The molecule has 1 saturated carbocycles.